The monoisotopic (exact) mass is 327 g/mol. The maximum absolute atomic E-state index is 13.3. The van der Waals surface area contributed by atoms with Gasteiger partial charge in [-0.2, -0.15) is 0 Å². The number of para-hydroxylation sites is 1. The molecule has 0 unspecified atom stereocenters. The molecule has 3 rings (SSSR count). The Morgan fingerprint density at radius 3 is 2.70 bits per heavy atom. The van der Waals surface area contributed by atoms with Crippen molar-refractivity contribution in [2.45, 2.75) is 26.7 Å². The van der Waals surface area contributed by atoms with E-state index in [2.05, 4.69) is 19.2 Å². The molecule has 23 heavy (non-hydrogen) atoms. The van der Waals surface area contributed by atoms with Crippen molar-refractivity contribution in [2.24, 2.45) is 0 Å². The van der Waals surface area contributed by atoms with Crippen LogP contribution in [0.3, 0.4) is 0 Å². The minimum atomic E-state index is -0.289. The number of carbonyl (C=O) groups is 1. The topological polar surface area (TPSA) is 29.1 Å². The van der Waals surface area contributed by atoms with Crippen molar-refractivity contribution in [2.75, 3.05) is 5.32 Å². The van der Waals surface area contributed by atoms with Crippen LogP contribution < -0.4 is 5.32 Å². The lowest BCUT2D eigenvalue weighted by atomic mass is 9.98. The van der Waals surface area contributed by atoms with Crippen molar-refractivity contribution in [1.82, 2.24) is 0 Å². The summed E-state index contributed by atoms with van der Waals surface area (Å²) in [5.74, 6) is -0.118. The molecule has 1 aromatic heterocycles. The second kappa shape index (κ2) is 6.13. The summed E-state index contributed by atoms with van der Waals surface area (Å²) in [5, 5.41) is 3.79. The molecule has 0 saturated heterocycles. The fourth-order valence-corrected chi connectivity index (χ4v) is 3.58. The molecule has 0 aliphatic rings. The Labute approximate surface area is 139 Å². The van der Waals surface area contributed by atoms with Gasteiger partial charge in [0.1, 0.15) is 5.82 Å². The van der Waals surface area contributed by atoms with Gasteiger partial charge in [0.25, 0.3) is 5.91 Å². The van der Waals surface area contributed by atoms with Crippen LogP contribution in [-0.2, 0) is 0 Å². The average molecular weight is 327 g/mol. The summed E-state index contributed by atoms with van der Waals surface area (Å²) >= 11 is 1.37. The Morgan fingerprint density at radius 2 is 1.96 bits per heavy atom. The number of amides is 1. The highest BCUT2D eigenvalue weighted by atomic mass is 32.1. The average Bonchev–Trinajstić information content (AvgIpc) is 2.92. The van der Waals surface area contributed by atoms with Crippen LogP contribution in [0.1, 0.15) is 40.6 Å². The minimum Gasteiger partial charge on any atom is -0.321 e. The highest BCUT2D eigenvalue weighted by Crippen LogP contribution is 2.30. The van der Waals surface area contributed by atoms with Crippen LogP contribution in [0, 0.1) is 12.7 Å². The second-order valence-electron chi connectivity index (χ2n) is 5.94. The van der Waals surface area contributed by atoms with E-state index in [-0.39, 0.29) is 11.7 Å². The number of halogens is 1. The smallest absolute Gasteiger partial charge is 0.265 e. The quantitative estimate of drug-likeness (QED) is 0.654. The molecule has 3 aromatic rings. The highest BCUT2D eigenvalue weighted by molar-refractivity contribution is 7.20. The zero-order chi connectivity index (χ0) is 16.6. The number of rotatable bonds is 3. The molecule has 118 valence electrons. The molecule has 4 heteroatoms. The Bertz CT molecular complexity index is 882. The van der Waals surface area contributed by atoms with E-state index in [0.717, 1.165) is 26.9 Å². The summed E-state index contributed by atoms with van der Waals surface area (Å²) < 4.78 is 14.2. The van der Waals surface area contributed by atoms with Gasteiger partial charge in [0.05, 0.1) is 4.88 Å². The SMILES string of the molecule is Cc1cccc(C(C)C)c1NC(=O)c1cc2cc(F)ccc2s1. The number of hydrogen-bond acceptors (Lipinski definition) is 2. The van der Waals surface area contributed by atoms with Crippen LogP contribution in [0.15, 0.2) is 42.5 Å². The predicted molar refractivity (Wildman–Crippen MR) is 95.0 cm³/mol. The van der Waals surface area contributed by atoms with Gasteiger partial charge in [0.15, 0.2) is 0 Å². The van der Waals surface area contributed by atoms with Crippen LogP contribution >= 0.6 is 11.3 Å². The van der Waals surface area contributed by atoms with E-state index in [0.29, 0.717) is 10.8 Å². The minimum absolute atomic E-state index is 0.150. The third-order valence-electron chi connectivity index (χ3n) is 3.87. The standard InChI is InChI=1S/C19H18FNOS/c1-11(2)15-6-4-5-12(3)18(15)21-19(22)17-10-13-9-14(20)7-8-16(13)23-17/h4-11H,1-3H3,(H,21,22). The van der Waals surface area contributed by atoms with Gasteiger partial charge in [-0.3, -0.25) is 4.79 Å². The Morgan fingerprint density at radius 1 is 1.17 bits per heavy atom. The van der Waals surface area contributed by atoms with E-state index < -0.39 is 0 Å². The third kappa shape index (κ3) is 3.13. The fourth-order valence-electron chi connectivity index (χ4n) is 2.64. The lowest BCUT2D eigenvalue weighted by Crippen LogP contribution is -2.13. The Balaban J connectivity index is 1.95. The number of anilines is 1. The van der Waals surface area contributed by atoms with E-state index in [1.807, 2.05) is 25.1 Å². The van der Waals surface area contributed by atoms with Crippen molar-refractivity contribution in [3.63, 3.8) is 0 Å². The third-order valence-corrected chi connectivity index (χ3v) is 4.98. The molecule has 1 N–H and O–H groups in total. The molecule has 0 aliphatic carbocycles. The summed E-state index contributed by atoms with van der Waals surface area (Å²) in [4.78, 5) is 13.2. The predicted octanol–water partition coefficient (Wildman–Crippen LogP) is 5.72. The molecule has 2 aromatic carbocycles. The van der Waals surface area contributed by atoms with E-state index in [9.17, 15) is 9.18 Å². The first-order valence-electron chi connectivity index (χ1n) is 7.55. The lowest BCUT2D eigenvalue weighted by molar-refractivity contribution is 0.103. The Kier molecular flexibility index (Phi) is 4.18. The van der Waals surface area contributed by atoms with Crippen LogP contribution in [0.25, 0.3) is 10.1 Å². The molecule has 0 bridgehead atoms. The van der Waals surface area contributed by atoms with Gasteiger partial charge in [0, 0.05) is 10.4 Å². The molecule has 2 nitrogen and oxygen atoms in total. The van der Waals surface area contributed by atoms with Crippen LogP contribution in [0.5, 0.6) is 0 Å². The first kappa shape index (κ1) is 15.7. The molecule has 0 radical (unpaired) electrons. The number of carbonyl (C=O) groups excluding carboxylic acids is 1. The molecule has 0 fully saturated rings. The molecule has 0 atom stereocenters. The molecular formula is C19H18FNOS. The second-order valence-corrected chi connectivity index (χ2v) is 7.02. The number of fused-ring (bicyclic) bond motifs is 1. The van der Waals surface area contributed by atoms with Crippen molar-refractivity contribution in [1.29, 1.82) is 0 Å². The number of thiophene rings is 1. The summed E-state index contributed by atoms with van der Waals surface area (Å²) in [6.07, 6.45) is 0. The molecule has 1 amide bonds. The van der Waals surface area contributed by atoms with E-state index >= 15 is 0 Å². The first-order chi connectivity index (χ1) is 11.0. The zero-order valence-electron chi connectivity index (χ0n) is 13.3. The van der Waals surface area contributed by atoms with Crippen LogP contribution in [0.4, 0.5) is 10.1 Å². The van der Waals surface area contributed by atoms with Gasteiger partial charge in [0.2, 0.25) is 0 Å². The number of hydrogen-bond donors (Lipinski definition) is 1. The van der Waals surface area contributed by atoms with Crippen molar-refractivity contribution < 1.29 is 9.18 Å². The van der Waals surface area contributed by atoms with Gasteiger partial charge in [-0.05, 0) is 53.6 Å². The van der Waals surface area contributed by atoms with Gasteiger partial charge in [-0.25, -0.2) is 4.39 Å². The number of benzene rings is 2. The van der Waals surface area contributed by atoms with Gasteiger partial charge in [-0.1, -0.05) is 32.0 Å². The highest BCUT2D eigenvalue weighted by Gasteiger charge is 2.15. The van der Waals surface area contributed by atoms with Gasteiger partial charge >= 0.3 is 0 Å². The van der Waals surface area contributed by atoms with Crippen molar-refractivity contribution in [3.05, 3.63) is 64.3 Å². The van der Waals surface area contributed by atoms with Crippen LogP contribution in [-0.4, -0.2) is 5.91 Å². The summed E-state index contributed by atoms with van der Waals surface area (Å²) in [6.45, 7) is 6.20. The molecule has 0 saturated carbocycles. The Hall–Kier alpha value is -2.20. The number of nitrogens with one attached hydrogen (secondary N) is 1. The van der Waals surface area contributed by atoms with Crippen molar-refractivity contribution >= 4 is 33.0 Å². The normalized spacial score (nSPS) is 11.2. The van der Waals surface area contributed by atoms with Crippen molar-refractivity contribution in [3.8, 4) is 0 Å². The fraction of sp³-hybridized carbons (Fsp3) is 0.211. The molecule has 1 heterocycles. The van der Waals surface area contributed by atoms with Gasteiger partial charge in [-0.15, -0.1) is 11.3 Å². The molecular weight excluding hydrogens is 309 g/mol. The van der Waals surface area contributed by atoms with Gasteiger partial charge < -0.3 is 5.32 Å². The first-order valence-corrected chi connectivity index (χ1v) is 8.37. The lowest BCUT2D eigenvalue weighted by Gasteiger charge is -2.16. The summed E-state index contributed by atoms with van der Waals surface area (Å²) in [7, 11) is 0. The molecule has 0 aliphatic heterocycles. The van der Waals surface area contributed by atoms with E-state index in [1.165, 1.54) is 23.5 Å². The maximum Gasteiger partial charge on any atom is 0.265 e. The van der Waals surface area contributed by atoms with Crippen LogP contribution in [0.2, 0.25) is 0 Å². The number of aryl methyl sites for hydroxylation is 1. The zero-order valence-corrected chi connectivity index (χ0v) is 14.1. The summed E-state index contributed by atoms with van der Waals surface area (Å²) in [5.41, 5.74) is 3.03. The summed E-state index contributed by atoms with van der Waals surface area (Å²) in [6, 6.07) is 12.3. The molecule has 0 spiro atoms. The maximum atomic E-state index is 13.3. The largest absolute Gasteiger partial charge is 0.321 e. The van der Waals surface area contributed by atoms with E-state index in [1.54, 1.807) is 12.1 Å². The van der Waals surface area contributed by atoms with E-state index in [4.69, 9.17) is 0 Å².